The van der Waals surface area contributed by atoms with Gasteiger partial charge in [0.05, 0.1) is 6.04 Å². The summed E-state index contributed by atoms with van der Waals surface area (Å²) >= 11 is 0. The molecule has 1 heterocycles. The van der Waals surface area contributed by atoms with E-state index in [0.717, 1.165) is 23.2 Å². The summed E-state index contributed by atoms with van der Waals surface area (Å²) in [4.78, 5) is 14.2. The molecule has 0 aliphatic carbocycles. The van der Waals surface area contributed by atoms with Gasteiger partial charge in [-0.1, -0.05) is 18.2 Å². The molecule has 0 spiro atoms. The minimum Gasteiger partial charge on any atom is -0.459 e. The number of aliphatic hydroxyl groups is 1. The molecule has 0 saturated carbocycles. The number of hydrogen-bond donors (Lipinski definition) is 2. The van der Waals surface area contributed by atoms with Gasteiger partial charge in [0.15, 0.2) is 0 Å². The molecule has 2 unspecified atom stereocenters. The van der Waals surface area contributed by atoms with Crippen LogP contribution in [0, 0.1) is 0 Å². The molecule has 0 radical (unpaired) electrons. The smallest absolute Gasteiger partial charge is 0.318 e. The van der Waals surface area contributed by atoms with Crippen molar-refractivity contribution in [2.75, 3.05) is 13.2 Å². The van der Waals surface area contributed by atoms with Crippen LogP contribution in [0.3, 0.4) is 0 Å². The normalized spacial score (nSPS) is 13.7. The van der Waals surface area contributed by atoms with E-state index >= 15 is 0 Å². The molecule has 23 heavy (non-hydrogen) atoms. The van der Waals surface area contributed by atoms with E-state index in [1.807, 2.05) is 51.1 Å². The van der Waals surface area contributed by atoms with Crippen LogP contribution in [0.15, 0.2) is 34.7 Å². The van der Waals surface area contributed by atoms with Gasteiger partial charge in [-0.15, -0.1) is 0 Å². The van der Waals surface area contributed by atoms with Crippen LogP contribution in [-0.2, 0) is 0 Å². The number of hydrogen-bond acceptors (Lipinski definition) is 3. The molecule has 126 valence electrons. The van der Waals surface area contributed by atoms with Crippen LogP contribution in [0.2, 0.25) is 0 Å². The molecule has 5 heteroatoms. The quantitative estimate of drug-likeness (QED) is 0.818. The number of fused-ring (bicyclic) bond motifs is 1. The first-order valence-corrected chi connectivity index (χ1v) is 8.23. The van der Waals surface area contributed by atoms with Gasteiger partial charge in [-0.3, -0.25) is 0 Å². The van der Waals surface area contributed by atoms with Crippen LogP contribution in [0.1, 0.15) is 45.4 Å². The fourth-order valence-corrected chi connectivity index (χ4v) is 2.72. The van der Waals surface area contributed by atoms with E-state index in [1.165, 1.54) is 0 Å². The number of carbonyl (C=O) groups excluding carboxylic acids is 1. The molecule has 0 bridgehead atoms. The number of aliphatic hydroxyl groups excluding tert-OH is 1. The van der Waals surface area contributed by atoms with E-state index in [4.69, 9.17) is 9.52 Å². The Bertz CT molecular complexity index is 605. The van der Waals surface area contributed by atoms with Gasteiger partial charge in [0.1, 0.15) is 11.3 Å². The third-order valence-corrected chi connectivity index (χ3v) is 4.09. The van der Waals surface area contributed by atoms with Crippen molar-refractivity contribution in [2.45, 2.75) is 45.7 Å². The van der Waals surface area contributed by atoms with Crippen LogP contribution in [0.25, 0.3) is 11.0 Å². The molecule has 0 aliphatic heterocycles. The van der Waals surface area contributed by atoms with Crippen molar-refractivity contribution in [1.29, 1.82) is 0 Å². The maximum absolute atomic E-state index is 12.5. The lowest BCUT2D eigenvalue weighted by molar-refractivity contribution is 0.171. The first-order valence-electron chi connectivity index (χ1n) is 8.23. The molecule has 1 aromatic heterocycles. The largest absolute Gasteiger partial charge is 0.459 e. The summed E-state index contributed by atoms with van der Waals surface area (Å²) < 4.78 is 5.88. The Morgan fingerprint density at radius 3 is 2.74 bits per heavy atom. The topological polar surface area (TPSA) is 65.7 Å². The standard InChI is InChI=1S/C18H26N2O3/c1-4-20(18(22)19-13(2)8-7-11-21)14(3)17-12-15-9-5-6-10-16(15)23-17/h5-6,9-10,12-14,21H,4,7-8,11H2,1-3H3,(H,19,22). The number of amides is 2. The van der Waals surface area contributed by atoms with Crippen molar-refractivity contribution in [2.24, 2.45) is 0 Å². The van der Waals surface area contributed by atoms with E-state index in [0.29, 0.717) is 13.0 Å². The van der Waals surface area contributed by atoms with Gasteiger partial charge < -0.3 is 19.7 Å². The minimum absolute atomic E-state index is 0.0339. The molecule has 2 amide bonds. The van der Waals surface area contributed by atoms with Gasteiger partial charge >= 0.3 is 6.03 Å². The summed E-state index contributed by atoms with van der Waals surface area (Å²) in [5.41, 5.74) is 0.835. The zero-order chi connectivity index (χ0) is 16.8. The van der Waals surface area contributed by atoms with Crippen molar-refractivity contribution in [3.63, 3.8) is 0 Å². The second kappa shape index (κ2) is 8.02. The Balaban J connectivity index is 2.07. The third kappa shape index (κ3) is 4.26. The summed E-state index contributed by atoms with van der Waals surface area (Å²) in [6, 6.07) is 9.62. The lowest BCUT2D eigenvalue weighted by Gasteiger charge is -2.28. The summed E-state index contributed by atoms with van der Waals surface area (Å²) in [6.07, 6.45) is 1.45. The first-order chi connectivity index (χ1) is 11.1. The maximum Gasteiger partial charge on any atom is 0.318 e. The predicted octanol–water partition coefficient (Wildman–Crippen LogP) is 3.69. The second-order valence-electron chi connectivity index (χ2n) is 5.86. The average molecular weight is 318 g/mol. The van der Waals surface area contributed by atoms with Gasteiger partial charge in [0.2, 0.25) is 0 Å². The highest BCUT2D eigenvalue weighted by molar-refractivity contribution is 5.78. The molecule has 0 fully saturated rings. The molecular formula is C18H26N2O3. The van der Waals surface area contributed by atoms with Gasteiger partial charge in [-0.25, -0.2) is 4.79 Å². The Kier molecular flexibility index (Phi) is 6.04. The highest BCUT2D eigenvalue weighted by atomic mass is 16.3. The van der Waals surface area contributed by atoms with Crippen LogP contribution >= 0.6 is 0 Å². The van der Waals surface area contributed by atoms with Crippen molar-refractivity contribution < 1.29 is 14.3 Å². The summed E-state index contributed by atoms with van der Waals surface area (Å²) in [7, 11) is 0. The highest BCUT2D eigenvalue weighted by Crippen LogP contribution is 2.27. The molecule has 2 aromatic rings. The molecular weight excluding hydrogens is 292 g/mol. The molecule has 0 saturated heterocycles. The fraction of sp³-hybridized carbons (Fsp3) is 0.500. The molecule has 1 aromatic carbocycles. The molecule has 2 N–H and O–H groups in total. The predicted molar refractivity (Wildman–Crippen MR) is 91.3 cm³/mol. The Morgan fingerprint density at radius 2 is 2.09 bits per heavy atom. The Hall–Kier alpha value is -2.01. The number of benzene rings is 1. The maximum atomic E-state index is 12.5. The zero-order valence-electron chi connectivity index (χ0n) is 14.1. The van der Waals surface area contributed by atoms with Crippen LogP contribution < -0.4 is 5.32 Å². The van der Waals surface area contributed by atoms with E-state index < -0.39 is 0 Å². The lowest BCUT2D eigenvalue weighted by atomic mass is 10.2. The van der Waals surface area contributed by atoms with Crippen molar-refractivity contribution in [1.82, 2.24) is 10.2 Å². The van der Waals surface area contributed by atoms with Gasteiger partial charge in [0, 0.05) is 24.6 Å². The number of urea groups is 1. The van der Waals surface area contributed by atoms with Gasteiger partial charge in [0.25, 0.3) is 0 Å². The van der Waals surface area contributed by atoms with E-state index in [-0.39, 0.29) is 24.7 Å². The molecule has 5 nitrogen and oxygen atoms in total. The monoisotopic (exact) mass is 318 g/mol. The average Bonchev–Trinajstić information content (AvgIpc) is 2.97. The SMILES string of the molecule is CCN(C(=O)NC(C)CCCO)C(C)c1cc2ccccc2o1. The number of furan rings is 1. The molecule has 2 rings (SSSR count). The lowest BCUT2D eigenvalue weighted by Crippen LogP contribution is -2.44. The van der Waals surface area contributed by atoms with Crippen molar-refractivity contribution in [3.05, 3.63) is 36.1 Å². The number of nitrogens with one attached hydrogen (secondary N) is 1. The highest BCUT2D eigenvalue weighted by Gasteiger charge is 2.23. The Labute approximate surface area is 137 Å². The number of para-hydroxylation sites is 1. The third-order valence-electron chi connectivity index (χ3n) is 4.09. The fourth-order valence-electron chi connectivity index (χ4n) is 2.72. The van der Waals surface area contributed by atoms with E-state index in [2.05, 4.69) is 5.32 Å². The van der Waals surface area contributed by atoms with E-state index in [1.54, 1.807) is 4.90 Å². The summed E-state index contributed by atoms with van der Waals surface area (Å²) in [5.74, 6) is 0.784. The zero-order valence-corrected chi connectivity index (χ0v) is 14.1. The summed E-state index contributed by atoms with van der Waals surface area (Å²) in [6.45, 7) is 6.62. The first kappa shape index (κ1) is 17.3. The van der Waals surface area contributed by atoms with Crippen LogP contribution in [0.5, 0.6) is 0 Å². The molecule has 0 aliphatic rings. The minimum atomic E-state index is -0.141. The summed E-state index contributed by atoms with van der Waals surface area (Å²) in [5, 5.41) is 12.9. The van der Waals surface area contributed by atoms with E-state index in [9.17, 15) is 4.79 Å². The Morgan fingerprint density at radius 1 is 1.35 bits per heavy atom. The van der Waals surface area contributed by atoms with Crippen LogP contribution in [0.4, 0.5) is 4.79 Å². The number of carbonyl (C=O) groups is 1. The number of rotatable bonds is 7. The second-order valence-corrected chi connectivity index (χ2v) is 5.86. The molecule has 2 atom stereocenters. The van der Waals surface area contributed by atoms with Gasteiger partial charge in [-0.05, 0) is 45.7 Å². The van der Waals surface area contributed by atoms with Gasteiger partial charge in [-0.2, -0.15) is 0 Å². The van der Waals surface area contributed by atoms with Crippen molar-refractivity contribution in [3.8, 4) is 0 Å². The van der Waals surface area contributed by atoms with Crippen molar-refractivity contribution >= 4 is 17.0 Å². The van der Waals surface area contributed by atoms with Crippen LogP contribution in [-0.4, -0.2) is 35.2 Å². The number of nitrogens with zero attached hydrogens (tertiary/aromatic N) is 1.